The Hall–Kier alpha value is -1.64. The van der Waals surface area contributed by atoms with Crippen molar-refractivity contribution < 1.29 is 180 Å². The number of rotatable bonds is 10. The zero-order valence-electron chi connectivity index (χ0n) is 30.5. The third kappa shape index (κ3) is 11.7. The molecule has 6 rings (SSSR count). The molecule has 5 N–H and O–H groups in total. The van der Waals surface area contributed by atoms with Gasteiger partial charge >= 0.3 is 118 Å². The third-order valence-corrected chi connectivity index (χ3v) is 11.4. The van der Waals surface area contributed by atoms with Gasteiger partial charge in [-0.1, -0.05) is 24.3 Å². The summed E-state index contributed by atoms with van der Waals surface area (Å²) in [5.74, 6) is -2.76. The van der Waals surface area contributed by atoms with E-state index < -0.39 is 117 Å². The minimum Gasteiger partial charge on any atom is -0.744 e. The zero-order valence-corrected chi connectivity index (χ0v) is 42.5. The number of aromatic nitrogens is 3. The Morgan fingerprint density at radius 1 is 0.508 bits per heavy atom. The Labute approximate surface area is 428 Å². The fraction of sp³-hybridized carbons (Fsp3) is 0. The van der Waals surface area contributed by atoms with Gasteiger partial charge in [-0.15, -0.1) is 0 Å². The van der Waals surface area contributed by atoms with Crippen molar-refractivity contribution in [2.24, 2.45) is 0 Å². The van der Waals surface area contributed by atoms with Crippen molar-refractivity contribution in [3.05, 3.63) is 94.3 Å². The number of carbonyl (C=O) groups excluding carboxylic acids is 2. The van der Waals surface area contributed by atoms with E-state index in [9.17, 15) is 61.5 Å². The number of carbonyl (C=O) groups is 2. The van der Waals surface area contributed by atoms with Gasteiger partial charge in [0, 0.05) is 22.5 Å². The zero-order chi connectivity index (χ0) is 40.4. The quantitative estimate of drug-likeness (QED) is 0.0563. The average molecular weight is 942 g/mol. The van der Waals surface area contributed by atoms with Crippen LogP contribution in [0.15, 0.2) is 86.3 Å². The maximum absolute atomic E-state index is 13.6. The molecule has 1 heterocycles. The smallest absolute Gasteiger partial charge is 0.744 e. The fourth-order valence-corrected chi connectivity index (χ4v) is 8.56. The van der Waals surface area contributed by atoms with Gasteiger partial charge in [-0.2, -0.15) is 15.0 Å². The van der Waals surface area contributed by atoms with Crippen molar-refractivity contribution in [3.63, 3.8) is 0 Å². The normalized spacial score (nSPS) is 12.3. The first-order chi connectivity index (χ1) is 25.4. The summed E-state index contributed by atoms with van der Waals surface area (Å²) in [6.45, 7) is 0. The Morgan fingerprint density at radius 3 is 1.49 bits per heavy atom. The molecule has 0 saturated carbocycles. The number of hydrogen-bond acceptors (Lipinski definition) is 21. The molecular weight excluding hydrogens is 926 g/mol. The van der Waals surface area contributed by atoms with Crippen LogP contribution >= 0.6 is 11.6 Å². The van der Waals surface area contributed by atoms with Crippen LogP contribution in [0.25, 0.3) is 0 Å². The van der Waals surface area contributed by atoms with Crippen LogP contribution in [-0.4, -0.2) is 78.4 Å². The number of nitrogens with two attached hydrogens (primary N) is 1. The molecule has 21 nitrogen and oxygen atoms in total. The number of hydrogen-bond donors (Lipinski definition) is 4. The standard InChI is InChI=1S/C29H20ClN7O14S4.4Na/c30-27-35-28(33-13-6-8-18(52(40,41)42)20(10-13)54(46,47)48)37-29(36-27)34-16-7-5-12(9-19(16)53(43,44)45)32-17-11-21(55(49,50)51)24(31)23-22(17)25(38)14-3-1-2-4-15(14)26(23)39;;;;/h1-11,32H,31H2,(H,40,41,42)(H,43,44,45)(H,46,47,48)(H,49,50,51)(H2,33,34,35,36,37);;;;/q;4*+1/p-4. The first kappa shape index (κ1) is 53.5. The number of anilines is 7. The molecule has 0 bridgehead atoms. The van der Waals surface area contributed by atoms with Gasteiger partial charge in [0.2, 0.25) is 17.2 Å². The summed E-state index contributed by atoms with van der Waals surface area (Å²) in [6.07, 6.45) is 0. The molecule has 5 aromatic rings. The largest absolute Gasteiger partial charge is 1.00 e. The fourth-order valence-electron chi connectivity index (χ4n) is 5.36. The van der Waals surface area contributed by atoms with Crippen LogP contribution in [-0.2, 0) is 40.5 Å². The maximum Gasteiger partial charge on any atom is 1.00 e. The summed E-state index contributed by atoms with van der Waals surface area (Å²) in [7, 11) is -21.7. The number of fused-ring (bicyclic) bond motifs is 2. The molecule has 1 aliphatic rings. The molecule has 0 saturated heterocycles. The number of benzene rings is 4. The van der Waals surface area contributed by atoms with Crippen LogP contribution < -0.4 is 140 Å². The van der Waals surface area contributed by atoms with Crippen molar-refractivity contribution in [1.29, 1.82) is 0 Å². The molecule has 1 aromatic heterocycles. The number of halogens is 1. The van der Waals surface area contributed by atoms with E-state index in [2.05, 4.69) is 30.9 Å². The van der Waals surface area contributed by atoms with E-state index >= 15 is 0 Å². The molecular formula is C29H16ClN7Na4O14S4. The molecule has 0 spiro atoms. The van der Waals surface area contributed by atoms with E-state index in [0.29, 0.717) is 18.2 Å². The first-order valence-electron chi connectivity index (χ1n) is 14.4. The summed E-state index contributed by atoms with van der Waals surface area (Å²) >= 11 is 5.96. The minimum absolute atomic E-state index is 0. The second kappa shape index (κ2) is 19.8. The summed E-state index contributed by atoms with van der Waals surface area (Å²) in [6, 6.07) is 10.9. The number of ketones is 2. The van der Waals surface area contributed by atoms with Crippen LogP contribution in [0.1, 0.15) is 31.8 Å². The Balaban J connectivity index is 0.00000300. The molecule has 0 aliphatic heterocycles. The van der Waals surface area contributed by atoms with E-state index in [-0.39, 0.29) is 141 Å². The summed E-state index contributed by atoms with van der Waals surface area (Å²) in [4.78, 5) is 33.6. The third-order valence-electron chi connectivity index (χ3n) is 7.59. The van der Waals surface area contributed by atoms with Crippen molar-refractivity contribution in [3.8, 4) is 0 Å². The van der Waals surface area contributed by atoms with Crippen molar-refractivity contribution in [2.75, 3.05) is 21.7 Å². The van der Waals surface area contributed by atoms with Gasteiger partial charge in [0.15, 0.2) is 11.6 Å². The van der Waals surface area contributed by atoms with Crippen LogP contribution in [0.2, 0.25) is 5.28 Å². The van der Waals surface area contributed by atoms with Crippen LogP contribution in [0.3, 0.4) is 0 Å². The van der Waals surface area contributed by atoms with Gasteiger partial charge in [-0.05, 0) is 54.1 Å². The minimum atomic E-state index is -5.49. The molecule has 1 aliphatic carbocycles. The topological polar surface area (TPSA) is 364 Å². The number of nitrogen functional groups attached to an aromatic ring is 1. The van der Waals surface area contributed by atoms with E-state index in [4.69, 9.17) is 17.3 Å². The molecule has 0 fully saturated rings. The van der Waals surface area contributed by atoms with Gasteiger partial charge in [0.25, 0.3) is 0 Å². The van der Waals surface area contributed by atoms with E-state index in [1.165, 1.54) is 24.3 Å². The van der Waals surface area contributed by atoms with E-state index in [0.717, 1.165) is 24.3 Å². The monoisotopic (exact) mass is 941 g/mol. The summed E-state index contributed by atoms with van der Waals surface area (Å²) in [5, 5.41) is 6.80. The average Bonchev–Trinajstić information content (AvgIpc) is 3.06. The molecule has 0 radical (unpaired) electrons. The van der Waals surface area contributed by atoms with E-state index in [1.807, 2.05) is 0 Å². The van der Waals surface area contributed by atoms with Crippen LogP contribution in [0, 0.1) is 0 Å². The Morgan fingerprint density at radius 2 is 0.966 bits per heavy atom. The van der Waals surface area contributed by atoms with Gasteiger partial charge in [0.05, 0.1) is 47.8 Å². The first-order valence-corrected chi connectivity index (χ1v) is 20.4. The molecule has 4 aromatic carbocycles. The molecule has 0 amide bonds. The Kier molecular flexibility index (Phi) is 18.0. The van der Waals surface area contributed by atoms with Gasteiger partial charge in [-0.25, -0.2) is 33.7 Å². The number of nitrogens with zero attached hydrogens (tertiary/aromatic N) is 3. The predicted molar refractivity (Wildman–Crippen MR) is 184 cm³/mol. The molecule has 0 unspecified atom stereocenters. The second-order valence-electron chi connectivity index (χ2n) is 11.1. The molecule has 286 valence electrons. The van der Waals surface area contributed by atoms with E-state index in [1.54, 1.807) is 0 Å². The second-order valence-corrected chi connectivity index (χ2v) is 16.8. The number of nitrogens with one attached hydrogen (secondary N) is 3. The summed E-state index contributed by atoms with van der Waals surface area (Å²) in [5.41, 5.74) is 2.28. The van der Waals surface area contributed by atoms with Gasteiger partial charge < -0.3 is 39.9 Å². The van der Waals surface area contributed by atoms with Gasteiger partial charge in [-0.3, -0.25) is 9.59 Å². The maximum atomic E-state index is 13.6. The SMILES string of the molecule is Nc1c(S(=O)(=O)[O-])cc(Nc2ccc(Nc3nc(Cl)nc(Nc4ccc(S(=O)(=O)[O-])c(S(=O)(=O)[O-])c4)n3)c(S(=O)(=O)[O-])c2)c2c1C(=O)c1ccccc1C2=O.[Na+].[Na+].[Na+].[Na+]. The van der Waals surface area contributed by atoms with Crippen molar-refractivity contribution >= 4 is 104 Å². The van der Waals surface area contributed by atoms with Crippen molar-refractivity contribution in [1.82, 2.24) is 15.0 Å². The molecule has 59 heavy (non-hydrogen) atoms. The van der Waals surface area contributed by atoms with Crippen molar-refractivity contribution in [2.45, 2.75) is 19.6 Å². The predicted octanol–water partition coefficient (Wildman–Crippen LogP) is -10.3. The summed E-state index contributed by atoms with van der Waals surface area (Å²) < 4.78 is 143. The van der Waals surface area contributed by atoms with Gasteiger partial charge in [0.1, 0.15) is 40.5 Å². The molecule has 0 atom stereocenters. The van der Waals surface area contributed by atoms with Crippen LogP contribution in [0.5, 0.6) is 0 Å². The Bertz CT molecular complexity index is 3000. The van der Waals surface area contributed by atoms with Crippen LogP contribution in [0.4, 0.5) is 40.3 Å². The molecule has 30 heteroatoms.